The summed E-state index contributed by atoms with van der Waals surface area (Å²) in [7, 11) is 0. The molecule has 0 saturated carbocycles. The van der Waals surface area contributed by atoms with Crippen molar-refractivity contribution in [1.82, 2.24) is 0 Å². The van der Waals surface area contributed by atoms with Gasteiger partial charge in [-0.2, -0.15) is 0 Å². The standard InChI is InChI=1S/C31H64/c1-6-7-8-9-10-11-12-13-16-20-25-30(4)27-22-18-23-28-31(5)26-21-17-14-15-19-24-29(2)3/h29-31H,6-28H2,1-5H3. The molecule has 0 aromatic rings. The van der Waals surface area contributed by atoms with E-state index in [0.29, 0.717) is 0 Å². The van der Waals surface area contributed by atoms with Crippen LogP contribution in [0.2, 0.25) is 0 Å². The minimum absolute atomic E-state index is 0.891. The molecule has 0 rings (SSSR count). The molecular formula is C31H64. The van der Waals surface area contributed by atoms with E-state index in [1.54, 1.807) is 0 Å². The van der Waals surface area contributed by atoms with Crippen LogP contribution in [-0.4, -0.2) is 0 Å². The maximum absolute atomic E-state index is 2.50. The van der Waals surface area contributed by atoms with Gasteiger partial charge >= 0.3 is 0 Å². The van der Waals surface area contributed by atoms with E-state index in [1.165, 1.54) is 148 Å². The zero-order valence-electron chi connectivity index (χ0n) is 23.0. The molecule has 0 spiro atoms. The largest absolute Gasteiger partial charge is 0.0654 e. The van der Waals surface area contributed by atoms with E-state index in [9.17, 15) is 0 Å². The van der Waals surface area contributed by atoms with E-state index < -0.39 is 0 Å². The molecule has 0 heteroatoms. The van der Waals surface area contributed by atoms with Crippen molar-refractivity contribution < 1.29 is 0 Å². The van der Waals surface area contributed by atoms with E-state index in [1.807, 2.05) is 0 Å². The van der Waals surface area contributed by atoms with Gasteiger partial charge in [-0.25, -0.2) is 0 Å². The van der Waals surface area contributed by atoms with Crippen LogP contribution in [0.3, 0.4) is 0 Å². The lowest BCUT2D eigenvalue weighted by Gasteiger charge is -2.13. The number of rotatable bonds is 25. The summed E-state index contributed by atoms with van der Waals surface area (Å²) in [6.07, 6.45) is 33.7. The topological polar surface area (TPSA) is 0 Å². The summed E-state index contributed by atoms with van der Waals surface area (Å²) < 4.78 is 0. The van der Waals surface area contributed by atoms with Gasteiger partial charge < -0.3 is 0 Å². The first-order chi connectivity index (χ1) is 15.1. The molecule has 0 radical (unpaired) electrons. The molecule has 0 aliphatic rings. The molecule has 0 aromatic heterocycles. The monoisotopic (exact) mass is 437 g/mol. The van der Waals surface area contributed by atoms with E-state index in [4.69, 9.17) is 0 Å². The van der Waals surface area contributed by atoms with Gasteiger partial charge in [0.15, 0.2) is 0 Å². The van der Waals surface area contributed by atoms with E-state index in [2.05, 4.69) is 34.6 Å². The first kappa shape index (κ1) is 31.0. The lowest BCUT2D eigenvalue weighted by molar-refractivity contribution is 0.406. The summed E-state index contributed by atoms with van der Waals surface area (Å²) >= 11 is 0. The third-order valence-corrected chi connectivity index (χ3v) is 7.42. The number of unbranched alkanes of at least 4 members (excludes halogenated alkanes) is 15. The Labute approximate surface area is 200 Å². The third-order valence-electron chi connectivity index (χ3n) is 7.42. The van der Waals surface area contributed by atoms with Crippen molar-refractivity contribution in [3.8, 4) is 0 Å². The maximum Gasteiger partial charge on any atom is -0.0443 e. The summed E-state index contributed by atoms with van der Waals surface area (Å²) in [5.41, 5.74) is 0. The Morgan fingerprint density at radius 2 is 0.581 bits per heavy atom. The Morgan fingerprint density at radius 3 is 0.903 bits per heavy atom. The van der Waals surface area contributed by atoms with Gasteiger partial charge in [-0.05, 0) is 17.8 Å². The second kappa shape index (κ2) is 24.6. The smallest absolute Gasteiger partial charge is 0.0443 e. The molecule has 0 amide bonds. The van der Waals surface area contributed by atoms with Crippen LogP contribution >= 0.6 is 0 Å². The Hall–Kier alpha value is 0. The molecule has 2 unspecified atom stereocenters. The molecule has 0 nitrogen and oxygen atoms in total. The highest BCUT2D eigenvalue weighted by Crippen LogP contribution is 2.21. The van der Waals surface area contributed by atoms with Crippen molar-refractivity contribution in [2.75, 3.05) is 0 Å². The molecule has 0 N–H and O–H groups in total. The van der Waals surface area contributed by atoms with Gasteiger partial charge in [0.25, 0.3) is 0 Å². The van der Waals surface area contributed by atoms with Crippen molar-refractivity contribution >= 4 is 0 Å². The second-order valence-corrected chi connectivity index (χ2v) is 11.6. The van der Waals surface area contributed by atoms with Crippen molar-refractivity contribution in [1.29, 1.82) is 0 Å². The quantitative estimate of drug-likeness (QED) is 0.125. The SMILES string of the molecule is CCCCCCCCCCCCC(C)CCCCCC(C)CCCCCCCC(C)C. The van der Waals surface area contributed by atoms with Gasteiger partial charge in [0.1, 0.15) is 0 Å². The maximum atomic E-state index is 2.50. The molecule has 31 heavy (non-hydrogen) atoms. The Morgan fingerprint density at radius 1 is 0.323 bits per heavy atom. The van der Waals surface area contributed by atoms with Gasteiger partial charge in [-0.3, -0.25) is 0 Å². The van der Waals surface area contributed by atoms with Crippen LogP contribution < -0.4 is 0 Å². The Kier molecular flexibility index (Phi) is 24.6. The van der Waals surface area contributed by atoms with Crippen LogP contribution in [0.4, 0.5) is 0 Å². The molecule has 0 aliphatic heterocycles. The predicted octanol–water partition coefficient (Wildman–Crippen LogP) is 11.9. The van der Waals surface area contributed by atoms with Gasteiger partial charge in [0.2, 0.25) is 0 Å². The van der Waals surface area contributed by atoms with E-state index in [-0.39, 0.29) is 0 Å². The predicted molar refractivity (Wildman–Crippen MR) is 145 cm³/mol. The van der Waals surface area contributed by atoms with Crippen molar-refractivity contribution in [3.05, 3.63) is 0 Å². The van der Waals surface area contributed by atoms with Crippen molar-refractivity contribution in [2.24, 2.45) is 17.8 Å². The van der Waals surface area contributed by atoms with Crippen LogP contribution in [-0.2, 0) is 0 Å². The normalized spacial score (nSPS) is 13.7. The first-order valence-electron chi connectivity index (χ1n) is 15.1. The molecule has 0 aliphatic carbocycles. The Balaban J connectivity index is 3.28. The van der Waals surface area contributed by atoms with Crippen LogP contribution in [0.25, 0.3) is 0 Å². The molecule has 188 valence electrons. The first-order valence-corrected chi connectivity index (χ1v) is 15.1. The average Bonchev–Trinajstić information content (AvgIpc) is 2.74. The second-order valence-electron chi connectivity index (χ2n) is 11.6. The van der Waals surface area contributed by atoms with Gasteiger partial charge in [-0.1, -0.05) is 182 Å². The van der Waals surface area contributed by atoms with Crippen LogP contribution in [0.15, 0.2) is 0 Å². The molecular weight excluding hydrogens is 372 g/mol. The highest BCUT2D eigenvalue weighted by molar-refractivity contribution is 4.59. The van der Waals surface area contributed by atoms with Gasteiger partial charge in [-0.15, -0.1) is 0 Å². The minimum Gasteiger partial charge on any atom is -0.0654 e. The van der Waals surface area contributed by atoms with Crippen molar-refractivity contribution in [2.45, 2.75) is 182 Å². The molecule has 0 saturated heterocycles. The third kappa shape index (κ3) is 26.1. The highest BCUT2D eigenvalue weighted by Gasteiger charge is 2.05. The molecule has 0 bridgehead atoms. The van der Waals surface area contributed by atoms with Crippen LogP contribution in [0.5, 0.6) is 0 Å². The van der Waals surface area contributed by atoms with E-state index >= 15 is 0 Å². The van der Waals surface area contributed by atoms with Gasteiger partial charge in [0.05, 0.1) is 0 Å². The number of hydrogen-bond acceptors (Lipinski definition) is 0. The molecule has 0 fully saturated rings. The summed E-state index contributed by atoms with van der Waals surface area (Å²) in [6.45, 7) is 12.0. The lowest BCUT2D eigenvalue weighted by Crippen LogP contribution is -1.97. The Bertz CT molecular complexity index is 318. The van der Waals surface area contributed by atoms with Crippen LogP contribution in [0.1, 0.15) is 182 Å². The molecule has 0 heterocycles. The van der Waals surface area contributed by atoms with Gasteiger partial charge in [0, 0.05) is 0 Å². The average molecular weight is 437 g/mol. The summed E-state index contributed by atoms with van der Waals surface area (Å²) in [6, 6.07) is 0. The van der Waals surface area contributed by atoms with Crippen LogP contribution in [0, 0.1) is 17.8 Å². The van der Waals surface area contributed by atoms with Crippen molar-refractivity contribution in [3.63, 3.8) is 0 Å². The minimum atomic E-state index is 0.891. The number of hydrogen-bond donors (Lipinski definition) is 0. The summed E-state index contributed by atoms with van der Waals surface area (Å²) in [5.74, 6) is 2.81. The fraction of sp³-hybridized carbons (Fsp3) is 1.00. The zero-order chi connectivity index (χ0) is 23.0. The molecule has 0 aromatic carbocycles. The fourth-order valence-corrected chi connectivity index (χ4v) is 5.01. The fourth-order valence-electron chi connectivity index (χ4n) is 5.01. The van der Waals surface area contributed by atoms with E-state index in [0.717, 1.165) is 17.8 Å². The highest BCUT2D eigenvalue weighted by atomic mass is 14.1. The summed E-state index contributed by atoms with van der Waals surface area (Å²) in [5, 5.41) is 0. The lowest BCUT2D eigenvalue weighted by atomic mass is 9.93. The summed E-state index contributed by atoms with van der Waals surface area (Å²) in [4.78, 5) is 0. The zero-order valence-corrected chi connectivity index (χ0v) is 23.0. The molecule has 2 atom stereocenters.